The summed E-state index contributed by atoms with van der Waals surface area (Å²) in [4.78, 5) is 16.9. The molecule has 0 atom stereocenters. The van der Waals surface area contributed by atoms with Gasteiger partial charge in [-0.1, -0.05) is 0 Å². The molecule has 3 nitrogen and oxygen atoms in total. The van der Waals surface area contributed by atoms with E-state index in [2.05, 4.69) is 20.9 Å². The summed E-state index contributed by atoms with van der Waals surface area (Å²) in [6.45, 7) is 0. The second-order valence-electron chi connectivity index (χ2n) is 3.22. The van der Waals surface area contributed by atoms with E-state index in [1.165, 1.54) is 0 Å². The highest BCUT2D eigenvalue weighted by atomic mass is 79.9. The van der Waals surface area contributed by atoms with Crippen LogP contribution in [0.25, 0.3) is 0 Å². The van der Waals surface area contributed by atoms with E-state index in [0.717, 1.165) is 9.35 Å². The molecular weight excluding hydrogens is 276 g/mol. The summed E-state index contributed by atoms with van der Waals surface area (Å²) in [6, 6.07) is 1.95. The number of rotatable bonds is 3. The predicted molar refractivity (Wildman–Crippen MR) is 63.3 cm³/mol. The average molecular weight is 285 g/mol. The summed E-state index contributed by atoms with van der Waals surface area (Å²) in [5.41, 5.74) is 0.526. The molecule has 0 aliphatic rings. The van der Waals surface area contributed by atoms with Gasteiger partial charge in [0.05, 0.1) is 6.33 Å². The van der Waals surface area contributed by atoms with Gasteiger partial charge in [-0.3, -0.25) is 4.79 Å². The Balaban J connectivity index is 2.14. The lowest BCUT2D eigenvalue weighted by atomic mass is 10.2. The molecule has 5 heteroatoms. The summed E-state index contributed by atoms with van der Waals surface area (Å²) in [7, 11) is 1.85. The molecule has 15 heavy (non-hydrogen) atoms. The molecule has 0 aliphatic heterocycles. The molecule has 0 saturated carbocycles. The number of carbonyl (C=O) groups excluding carboxylic acids is 1. The maximum absolute atomic E-state index is 11.8. The van der Waals surface area contributed by atoms with E-state index in [-0.39, 0.29) is 5.78 Å². The predicted octanol–water partition coefficient (Wildman–Crippen LogP) is 2.67. The summed E-state index contributed by atoms with van der Waals surface area (Å²) < 4.78 is 2.77. The second kappa shape index (κ2) is 4.28. The molecular formula is C10H9BrN2OS. The van der Waals surface area contributed by atoms with Gasteiger partial charge in [0, 0.05) is 29.0 Å². The van der Waals surface area contributed by atoms with Gasteiger partial charge >= 0.3 is 0 Å². The Morgan fingerprint density at radius 3 is 3.00 bits per heavy atom. The second-order valence-corrected chi connectivity index (χ2v) is 5.07. The molecule has 0 aromatic carbocycles. The fourth-order valence-electron chi connectivity index (χ4n) is 1.24. The molecule has 0 bridgehead atoms. The van der Waals surface area contributed by atoms with E-state index in [1.807, 2.05) is 18.5 Å². The Morgan fingerprint density at radius 2 is 2.47 bits per heavy atom. The van der Waals surface area contributed by atoms with Crippen molar-refractivity contribution in [1.29, 1.82) is 0 Å². The number of ketones is 1. The van der Waals surface area contributed by atoms with Crippen molar-refractivity contribution in [1.82, 2.24) is 9.55 Å². The molecule has 0 saturated heterocycles. The Kier molecular flexibility index (Phi) is 3.02. The fourth-order valence-corrected chi connectivity index (χ4v) is 2.74. The van der Waals surface area contributed by atoms with Gasteiger partial charge in [-0.05, 0) is 27.4 Å². The summed E-state index contributed by atoms with van der Waals surface area (Å²) in [5.74, 6) is 0.0544. The van der Waals surface area contributed by atoms with Gasteiger partial charge in [0.15, 0.2) is 5.78 Å². The molecule has 0 aliphatic carbocycles. The van der Waals surface area contributed by atoms with Gasteiger partial charge in [0.25, 0.3) is 0 Å². The van der Waals surface area contributed by atoms with E-state index < -0.39 is 0 Å². The van der Waals surface area contributed by atoms with Crippen LogP contribution in [0.2, 0.25) is 0 Å². The van der Waals surface area contributed by atoms with Crippen LogP contribution in [0.15, 0.2) is 28.4 Å². The van der Waals surface area contributed by atoms with Gasteiger partial charge < -0.3 is 4.57 Å². The third-order valence-electron chi connectivity index (χ3n) is 2.00. The first-order chi connectivity index (χ1) is 7.16. The first kappa shape index (κ1) is 10.6. The van der Waals surface area contributed by atoms with E-state index in [0.29, 0.717) is 12.1 Å². The van der Waals surface area contributed by atoms with Crippen LogP contribution in [0.3, 0.4) is 0 Å². The molecule has 0 N–H and O–H groups in total. The first-order valence-electron chi connectivity index (χ1n) is 4.40. The molecule has 0 unspecified atom stereocenters. The highest BCUT2D eigenvalue weighted by molar-refractivity contribution is 9.10. The standard InChI is InChI=1S/C10H9BrN2OS/c1-13-5-8(12-6-13)9(14)4-10-7(11)2-3-15-10/h2-3,5-6H,4H2,1H3. The lowest BCUT2D eigenvalue weighted by molar-refractivity contribution is 0.0989. The first-order valence-corrected chi connectivity index (χ1v) is 6.07. The van der Waals surface area contributed by atoms with Crippen molar-refractivity contribution in [3.63, 3.8) is 0 Å². The zero-order valence-corrected chi connectivity index (χ0v) is 10.5. The molecule has 2 aromatic heterocycles. The van der Waals surface area contributed by atoms with Crippen LogP contribution in [-0.2, 0) is 13.5 Å². The van der Waals surface area contributed by atoms with Crippen molar-refractivity contribution in [3.05, 3.63) is 39.0 Å². The van der Waals surface area contributed by atoms with Crippen LogP contribution in [0.1, 0.15) is 15.4 Å². The lowest BCUT2D eigenvalue weighted by Crippen LogP contribution is -2.02. The lowest BCUT2D eigenvalue weighted by Gasteiger charge is -1.95. The SMILES string of the molecule is Cn1cnc(C(=O)Cc2sccc2Br)c1. The number of carbonyl (C=O) groups is 1. The number of nitrogens with zero attached hydrogens (tertiary/aromatic N) is 2. The maximum atomic E-state index is 11.8. The van der Waals surface area contributed by atoms with E-state index >= 15 is 0 Å². The van der Waals surface area contributed by atoms with Crippen LogP contribution < -0.4 is 0 Å². The number of halogens is 1. The van der Waals surface area contributed by atoms with E-state index in [1.54, 1.807) is 28.4 Å². The van der Waals surface area contributed by atoms with Crippen molar-refractivity contribution >= 4 is 33.0 Å². The van der Waals surface area contributed by atoms with Gasteiger partial charge in [0.2, 0.25) is 0 Å². The van der Waals surface area contributed by atoms with Crippen molar-refractivity contribution in [2.75, 3.05) is 0 Å². The van der Waals surface area contributed by atoms with Crippen molar-refractivity contribution < 1.29 is 4.79 Å². The zero-order valence-electron chi connectivity index (χ0n) is 8.11. The Bertz CT molecular complexity index is 489. The number of thiophene rings is 1. The van der Waals surface area contributed by atoms with Crippen LogP contribution in [0.4, 0.5) is 0 Å². The minimum absolute atomic E-state index is 0.0544. The molecule has 0 fully saturated rings. The third kappa shape index (κ3) is 2.35. The quantitative estimate of drug-likeness (QED) is 0.813. The number of hydrogen-bond acceptors (Lipinski definition) is 3. The molecule has 2 aromatic rings. The van der Waals surface area contributed by atoms with Gasteiger partial charge in [-0.25, -0.2) is 4.98 Å². The largest absolute Gasteiger partial charge is 0.340 e. The van der Waals surface area contributed by atoms with Crippen molar-refractivity contribution in [3.8, 4) is 0 Å². The van der Waals surface area contributed by atoms with Gasteiger partial charge in [0.1, 0.15) is 5.69 Å². The zero-order chi connectivity index (χ0) is 10.8. The Morgan fingerprint density at radius 1 is 1.67 bits per heavy atom. The Hall–Kier alpha value is -0.940. The molecule has 2 rings (SSSR count). The van der Waals surface area contributed by atoms with Crippen LogP contribution in [-0.4, -0.2) is 15.3 Å². The van der Waals surface area contributed by atoms with Crippen LogP contribution in [0.5, 0.6) is 0 Å². The number of aromatic nitrogens is 2. The molecule has 0 amide bonds. The number of hydrogen-bond donors (Lipinski definition) is 0. The van der Waals surface area contributed by atoms with Gasteiger partial charge in [-0.15, -0.1) is 11.3 Å². The summed E-state index contributed by atoms with van der Waals surface area (Å²) >= 11 is 4.98. The minimum Gasteiger partial charge on any atom is -0.340 e. The molecule has 0 radical (unpaired) electrons. The third-order valence-corrected chi connectivity index (χ3v) is 3.93. The highest BCUT2D eigenvalue weighted by Crippen LogP contribution is 2.23. The number of Topliss-reactive ketones (excluding diaryl/α,β-unsaturated/α-hetero) is 1. The normalized spacial score (nSPS) is 10.5. The van der Waals surface area contributed by atoms with Gasteiger partial charge in [-0.2, -0.15) is 0 Å². The van der Waals surface area contributed by atoms with Crippen molar-refractivity contribution in [2.24, 2.45) is 7.05 Å². The maximum Gasteiger partial charge on any atom is 0.187 e. The Labute approximate surface area is 99.9 Å². The van der Waals surface area contributed by atoms with Crippen LogP contribution >= 0.6 is 27.3 Å². The average Bonchev–Trinajstić information content (AvgIpc) is 2.77. The smallest absolute Gasteiger partial charge is 0.187 e. The number of imidazole rings is 1. The summed E-state index contributed by atoms with van der Waals surface area (Å²) in [6.07, 6.45) is 3.79. The number of aryl methyl sites for hydroxylation is 1. The van der Waals surface area contributed by atoms with Crippen molar-refractivity contribution in [2.45, 2.75) is 6.42 Å². The molecule has 0 spiro atoms. The fraction of sp³-hybridized carbons (Fsp3) is 0.200. The monoisotopic (exact) mass is 284 g/mol. The van der Waals surface area contributed by atoms with E-state index in [4.69, 9.17) is 0 Å². The molecule has 78 valence electrons. The topological polar surface area (TPSA) is 34.9 Å². The van der Waals surface area contributed by atoms with E-state index in [9.17, 15) is 4.79 Å². The summed E-state index contributed by atoms with van der Waals surface area (Å²) in [5, 5.41) is 1.96. The van der Waals surface area contributed by atoms with Crippen LogP contribution in [0, 0.1) is 0 Å². The highest BCUT2D eigenvalue weighted by Gasteiger charge is 2.12. The molecule has 2 heterocycles. The minimum atomic E-state index is 0.0544.